The molecule has 1 atom stereocenters. The number of amides is 1. The van der Waals surface area contributed by atoms with E-state index in [4.69, 9.17) is 5.73 Å². The van der Waals surface area contributed by atoms with Gasteiger partial charge in [-0.1, -0.05) is 13.8 Å². The number of nitrogens with two attached hydrogens (primary N) is 1. The number of aliphatic hydroxyl groups is 1. The normalized spacial score (nSPS) is 12.3. The van der Waals surface area contributed by atoms with E-state index in [-0.39, 0.29) is 18.6 Å². The summed E-state index contributed by atoms with van der Waals surface area (Å²) in [5.74, 6) is 0.363. The minimum Gasteiger partial charge on any atom is -0.399 e. The largest absolute Gasteiger partial charge is 0.399 e. The Balaban J connectivity index is 3.02. The topological polar surface area (TPSA) is 78.6 Å². The number of carbonyl (C=O) groups is 1. The Morgan fingerprint density at radius 3 is 2.55 bits per heavy atom. The maximum absolute atomic E-state index is 12.2. The summed E-state index contributed by atoms with van der Waals surface area (Å²) in [6.07, 6.45) is 0.820. The van der Waals surface area contributed by atoms with Crippen LogP contribution >= 0.6 is 0 Å². The van der Waals surface area contributed by atoms with Gasteiger partial charge in [0.05, 0.1) is 12.2 Å². The highest BCUT2D eigenvalue weighted by Gasteiger charge is 2.17. The zero-order chi connectivity index (χ0) is 15.3. The van der Waals surface area contributed by atoms with Crippen LogP contribution in [0.5, 0.6) is 0 Å². The molecule has 0 fully saturated rings. The number of nitrogens with zero attached hydrogens (tertiary/aromatic N) is 1. The molecular weight excluding hydrogens is 254 g/mol. The van der Waals surface area contributed by atoms with Gasteiger partial charge in [0.2, 0.25) is 0 Å². The number of aliphatic hydroxyl groups excluding tert-OH is 1. The van der Waals surface area contributed by atoms with Crippen molar-refractivity contribution in [2.24, 2.45) is 5.92 Å². The predicted molar refractivity (Wildman–Crippen MR) is 82.8 cm³/mol. The van der Waals surface area contributed by atoms with Crippen molar-refractivity contribution in [1.82, 2.24) is 4.90 Å². The molecule has 0 saturated carbocycles. The zero-order valence-corrected chi connectivity index (χ0v) is 12.7. The third-order valence-corrected chi connectivity index (χ3v) is 3.02. The van der Waals surface area contributed by atoms with Crippen molar-refractivity contribution < 1.29 is 9.90 Å². The van der Waals surface area contributed by atoms with Gasteiger partial charge in [-0.25, -0.2) is 0 Å². The Kier molecular flexibility index (Phi) is 5.82. The molecule has 1 aromatic rings. The summed E-state index contributed by atoms with van der Waals surface area (Å²) in [5.41, 5.74) is 7.61. The molecule has 0 aromatic heterocycles. The number of nitrogens with one attached hydrogen (secondary N) is 1. The number of hydrogen-bond donors (Lipinski definition) is 3. The minimum absolute atomic E-state index is 0.0164. The molecule has 0 aliphatic rings. The summed E-state index contributed by atoms with van der Waals surface area (Å²) in [6.45, 7) is 4.20. The molecule has 0 radical (unpaired) electrons. The van der Waals surface area contributed by atoms with Crippen LogP contribution in [0.25, 0.3) is 0 Å². The van der Waals surface area contributed by atoms with E-state index in [1.807, 2.05) is 0 Å². The second kappa shape index (κ2) is 7.14. The van der Waals surface area contributed by atoms with Crippen LogP contribution in [0.1, 0.15) is 30.6 Å². The van der Waals surface area contributed by atoms with Crippen LogP contribution < -0.4 is 11.1 Å². The van der Waals surface area contributed by atoms with Gasteiger partial charge in [-0.3, -0.25) is 4.79 Å². The Labute approximate surface area is 120 Å². The summed E-state index contributed by atoms with van der Waals surface area (Å²) in [6, 6.07) is 5.06. The predicted octanol–water partition coefficient (Wildman–Crippen LogP) is 1.79. The first kappa shape index (κ1) is 16.3. The molecule has 1 amide bonds. The van der Waals surface area contributed by atoms with Gasteiger partial charge in [0.1, 0.15) is 0 Å². The monoisotopic (exact) mass is 279 g/mol. The van der Waals surface area contributed by atoms with Crippen LogP contribution in [-0.2, 0) is 0 Å². The molecule has 0 heterocycles. The Morgan fingerprint density at radius 1 is 1.40 bits per heavy atom. The number of hydrogen-bond acceptors (Lipinski definition) is 4. The van der Waals surface area contributed by atoms with Crippen LogP contribution in [0.4, 0.5) is 11.4 Å². The van der Waals surface area contributed by atoms with E-state index < -0.39 is 0 Å². The second-order valence-corrected chi connectivity index (χ2v) is 5.66. The van der Waals surface area contributed by atoms with Crippen LogP contribution in [0.2, 0.25) is 0 Å². The fraction of sp³-hybridized carbons (Fsp3) is 0.533. The molecule has 0 aliphatic carbocycles. The van der Waals surface area contributed by atoms with Gasteiger partial charge in [0, 0.05) is 31.5 Å². The first-order chi connectivity index (χ1) is 9.35. The summed E-state index contributed by atoms with van der Waals surface area (Å²) < 4.78 is 0. The average Bonchev–Trinajstić information content (AvgIpc) is 2.36. The van der Waals surface area contributed by atoms with E-state index in [2.05, 4.69) is 19.2 Å². The van der Waals surface area contributed by atoms with Crippen LogP contribution in [0, 0.1) is 5.92 Å². The summed E-state index contributed by atoms with van der Waals surface area (Å²) in [5, 5.41) is 12.7. The van der Waals surface area contributed by atoms with Gasteiger partial charge in [-0.2, -0.15) is 0 Å². The highest BCUT2D eigenvalue weighted by atomic mass is 16.3. The average molecular weight is 279 g/mol. The highest BCUT2D eigenvalue weighted by Crippen LogP contribution is 2.22. The smallest absolute Gasteiger partial charge is 0.255 e. The standard InChI is InChI=1S/C15H25N3O2/c1-10(2)7-12(9-19)17-14-8-11(16)5-6-13(14)15(20)18(3)4/h5-6,8,10,12,17,19H,7,9,16H2,1-4H3. The maximum Gasteiger partial charge on any atom is 0.255 e. The molecular formula is C15H25N3O2. The van der Waals surface area contributed by atoms with Crippen molar-refractivity contribution >= 4 is 17.3 Å². The molecule has 1 aromatic carbocycles. The van der Waals surface area contributed by atoms with Gasteiger partial charge in [0.15, 0.2) is 0 Å². The lowest BCUT2D eigenvalue weighted by Crippen LogP contribution is -2.28. The quantitative estimate of drug-likeness (QED) is 0.694. The third-order valence-electron chi connectivity index (χ3n) is 3.02. The SMILES string of the molecule is CC(C)CC(CO)Nc1cc(N)ccc1C(=O)N(C)C. The Bertz CT molecular complexity index is 458. The lowest BCUT2D eigenvalue weighted by atomic mass is 10.0. The van der Waals surface area contributed by atoms with E-state index >= 15 is 0 Å². The zero-order valence-electron chi connectivity index (χ0n) is 12.7. The van der Waals surface area contributed by atoms with Crippen molar-refractivity contribution in [2.45, 2.75) is 26.3 Å². The van der Waals surface area contributed by atoms with E-state index in [0.717, 1.165) is 6.42 Å². The molecule has 5 heteroatoms. The summed E-state index contributed by atoms with van der Waals surface area (Å²) >= 11 is 0. The Hall–Kier alpha value is -1.75. The maximum atomic E-state index is 12.2. The minimum atomic E-state index is -0.0921. The van der Waals surface area contributed by atoms with E-state index in [1.165, 1.54) is 4.90 Å². The molecule has 1 rings (SSSR count). The van der Waals surface area contributed by atoms with Gasteiger partial charge < -0.3 is 21.1 Å². The summed E-state index contributed by atoms with van der Waals surface area (Å²) in [7, 11) is 3.42. The fourth-order valence-corrected chi connectivity index (χ4v) is 2.08. The van der Waals surface area contributed by atoms with E-state index in [1.54, 1.807) is 32.3 Å². The van der Waals surface area contributed by atoms with Gasteiger partial charge in [0.25, 0.3) is 5.91 Å². The lowest BCUT2D eigenvalue weighted by Gasteiger charge is -2.22. The number of benzene rings is 1. The van der Waals surface area contributed by atoms with Crippen molar-refractivity contribution in [2.75, 3.05) is 31.8 Å². The molecule has 5 nitrogen and oxygen atoms in total. The fourth-order valence-electron chi connectivity index (χ4n) is 2.08. The van der Waals surface area contributed by atoms with Gasteiger partial charge in [-0.05, 0) is 30.5 Å². The number of anilines is 2. The van der Waals surface area contributed by atoms with Crippen LogP contribution in [-0.4, -0.2) is 42.7 Å². The molecule has 0 bridgehead atoms. The molecule has 0 aliphatic heterocycles. The molecule has 112 valence electrons. The van der Waals surface area contributed by atoms with Crippen molar-refractivity contribution in [3.63, 3.8) is 0 Å². The van der Waals surface area contributed by atoms with Crippen LogP contribution in [0.15, 0.2) is 18.2 Å². The molecule has 4 N–H and O–H groups in total. The lowest BCUT2D eigenvalue weighted by molar-refractivity contribution is 0.0828. The third kappa shape index (κ3) is 4.42. The molecule has 0 saturated heterocycles. The van der Waals surface area contributed by atoms with Gasteiger partial charge in [-0.15, -0.1) is 0 Å². The van der Waals surface area contributed by atoms with E-state index in [0.29, 0.717) is 22.9 Å². The second-order valence-electron chi connectivity index (χ2n) is 5.66. The molecule has 20 heavy (non-hydrogen) atoms. The van der Waals surface area contributed by atoms with Crippen molar-refractivity contribution in [1.29, 1.82) is 0 Å². The number of nitrogen functional groups attached to an aromatic ring is 1. The summed E-state index contributed by atoms with van der Waals surface area (Å²) in [4.78, 5) is 13.7. The Morgan fingerprint density at radius 2 is 2.05 bits per heavy atom. The van der Waals surface area contributed by atoms with Gasteiger partial charge >= 0.3 is 0 Å². The van der Waals surface area contributed by atoms with E-state index in [9.17, 15) is 9.90 Å². The van der Waals surface area contributed by atoms with Crippen molar-refractivity contribution in [3.05, 3.63) is 23.8 Å². The van der Waals surface area contributed by atoms with Crippen molar-refractivity contribution in [3.8, 4) is 0 Å². The molecule has 1 unspecified atom stereocenters. The number of rotatable bonds is 6. The first-order valence-corrected chi connectivity index (χ1v) is 6.83. The van der Waals surface area contributed by atoms with Crippen LogP contribution in [0.3, 0.4) is 0 Å². The highest BCUT2D eigenvalue weighted by molar-refractivity contribution is 6.00. The molecule has 0 spiro atoms. The number of carbonyl (C=O) groups excluding carboxylic acids is 1. The first-order valence-electron chi connectivity index (χ1n) is 6.83.